The SMILES string of the molecule is COc1cc2c(Oc3ccc(NC(=O)c4cn5c(c(-c6ccc(F)cc6)c4=O)C(=O)N4CCCOC4C5)cc3F)ncnc2cc1OCCN1CCNCC1. The number of nitrogens with zero attached hydrogens (tertiary/aromatic N) is 5. The molecule has 2 fully saturated rings. The molecule has 55 heavy (non-hydrogen) atoms. The zero-order valence-corrected chi connectivity index (χ0v) is 29.8. The van der Waals surface area contributed by atoms with E-state index in [-0.39, 0.29) is 46.2 Å². The largest absolute Gasteiger partial charge is 0.493 e. The number of hydrogen-bond donors (Lipinski definition) is 2. The van der Waals surface area contributed by atoms with Gasteiger partial charge < -0.3 is 39.0 Å². The Labute approximate surface area is 313 Å². The molecule has 0 saturated carbocycles. The standard InChI is InChI=1S/C39H37F2N7O7/c1-52-31-18-26-29(19-32(31)53-16-14-46-12-9-42-10-13-46)43-22-44-38(26)55-30-8-7-25(17-28(30)41)45-37(50)27-20-47-21-33-48(11-2-15-54-33)39(51)35(47)34(36(27)49)23-3-5-24(40)6-4-23/h3-8,17-20,22,33,42H,2,9-16,21H2,1H3,(H,45,50). The number of benzene rings is 3. The van der Waals surface area contributed by atoms with Crippen LogP contribution >= 0.6 is 0 Å². The van der Waals surface area contributed by atoms with E-state index in [1.54, 1.807) is 17.0 Å². The van der Waals surface area contributed by atoms with Crippen LogP contribution < -0.4 is 30.3 Å². The topological polar surface area (TPSA) is 149 Å². The van der Waals surface area contributed by atoms with Crippen molar-refractivity contribution in [3.8, 4) is 34.3 Å². The van der Waals surface area contributed by atoms with Gasteiger partial charge in [0, 0.05) is 63.3 Å². The maximum absolute atomic E-state index is 15.6. The molecule has 2 saturated heterocycles. The summed E-state index contributed by atoms with van der Waals surface area (Å²) in [5.41, 5.74) is -0.199. The second-order valence-corrected chi connectivity index (χ2v) is 13.3. The van der Waals surface area contributed by atoms with E-state index in [9.17, 15) is 18.8 Å². The van der Waals surface area contributed by atoms with E-state index in [2.05, 4.69) is 25.5 Å². The lowest BCUT2D eigenvalue weighted by Crippen LogP contribution is -2.53. The van der Waals surface area contributed by atoms with Crippen molar-refractivity contribution in [1.29, 1.82) is 0 Å². The normalized spacial score (nSPS) is 17.0. The molecule has 0 radical (unpaired) electrons. The summed E-state index contributed by atoms with van der Waals surface area (Å²) in [6.45, 7) is 6.06. The predicted molar refractivity (Wildman–Crippen MR) is 197 cm³/mol. The first kappa shape index (κ1) is 36.0. The minimum atomic E-state index is -0.837. The van der Waals surface area contributed by atoms with Gasteiger partial charge in [0.25, 0.3) is 11.8 Å². The van der Waals surface area contributed by atoms with E-state index >= 15 is 4.39 Å². The lowest BCUT2D eigenvalue weighted by molar-refractivity contribution is -0.0916. The van der Waals surface area contributed by atoms with E-state index < -0.39 is 35.1 Å². The number of methoxy groups -OCH3 is 1. The number of piperazine rings is 1. The fraction of sp³-hybridized carbons (Fsp3) is 0.308. The molecule has 3 aromatic carbocycles. The first-order chi connectivity index (χ1) is 26.8. The highest BCUT2D eigenvalue weighted by Gasteiger charge is 2.38. The van der Waals surface area contributed by atoms with Gasteiger partial charge in [0.05, 0.1) is 36.7 Å². The predicted octanol–water partition coefficient (Wildman–Crippen LogP) is 4.28. The van der Waals surface area contributed by atoms with E-state index in [0.29, 0.717) is 48.6 Å². The fourth-order valence-corrected chi connectivity index (χ4v) is 7.04. The van der Waals surface area contributed by atoms with E-state index in [1.807, 2.05) is 0 Å². The van der Waals surface area contributed by atoms with Crippen molar-refractivity contribution < 1.29 is 37.3 Å². The Bertz CT molecular complexity index is 2330. The van der Waals surface area contributed by atoms with Crippen molar-refractivity contribution in [1.82, 2.24) is 29.7 Å². The van der Waals surface area contributed by atoms with Crippen LogP contribution in [-0.2, 0) is 11.3 Å². The van der Waals surface area contributed by atoms with E-state index in [1.165, 1.54) is 60.6 Å². The van der Waals surface area contributed by atoms with Crippen molar-refractivity contribution in [2.75, 3.05) is 64.9 Å². The second-order valence-electron chi connectivity index (χ2n) is 13.3. The number of hydrogen-bond acceptors (Lipinski definition) is 11. The molecule has 0 spiro atoms. The van der Waals surface area contributed by atoms with Gasteiger partial charge in [-0.05, 0) is 42.3 Å². The van der Waals surface area contributed by atoms with Crippen LogP contribution in [0, 0.1) is 11.6 Å². The quantitative estimate of drug-likeness (QED) is 0.211. The molecule has 5 heterocycles. The molecule has 8 rings (SSSR count). The van der Waals surface area contributed by atoms with Crippen LogP contribution in [0.1, 0.15) is 27.3 Å². The second kappa shape index (κ2) is 15.4. The Morgan fingerprint density at radius 1 is 1.00 bits per heavy atom. The molecule has 1 atom stereocenters. The summed E-state index contributed by atoms with van der Waals surface area (Å²) in [5, 5.41) is 6.37. The average molecular weight is 754 g/mol. The van der Waals surface area contributed by atoms with Gasteiger partial charge in [0.2, 0.25) is 11.3 Å². The number of ether oxygens (including phenoxy) is 4. The molecule has 16 heteroatoms. The molecule has 284 valence electrons. The number of pyridine rings is 1. The molecular weight excluding hydrogens is 716 g/mol. The molecule has 3 aliphatic heterocycles. The van der Waals surface area contributed by atoms with Crippen molar-refractivity contribution in [3.63, 3.8) is 0 Å². The Hall–Kier alpha value is -5.97. The fourth-order valence-electron chi connectivity index (χ4n) is 7.04. The number of nitrogens with one attached hydrogen (secondary N) is 2. The molecule has 0 aliphatic carbocycles. The third-order valence-corrected chi connectivity index (χ3v) is 9.83. The van der Waals surface area contributed by atoms with Gasteiger partial charge in [-0.3, -0.25) is 19.3 Å². The zero-order chi connectivity index (χ0) is 38.1. The lowest BCUT2D eigenvalue weighted by Gasteiger charge is -2.41. The summed E-state index contributed by atoms with van der Waals surface area (Å²) in [7, 11) is 1.52. The Morgan fingerprint density at radius 3 is 2.60 bits per heavy atom. The Kier molecular flexibility index (Phi) is 10.1. The highest BCUT2D eigenvalue weighted by molar-refractivity contribution is 6.07. The number of aromatic nitrogens is 3. The number of anilines is 1. The van der Waals surface area contributed by atoms with Gasteiger partial charge in [-0.25, -0.2) is 18.7 Å². The van der Waals surface area contributed by atoms with Gasteiger partial charge in [-0.1, -0.05) is 12.1 Å². The van der Waals surface area contributed by atoms with Crippen molar-refractivity contribution in [2.45, 2.75) is 19.2 Å². The highest BCUT2D eigenvalue weighted by Crippen LogP contribution is 2.37. The van der Waals surface area contributed by atoms with Crippen LogP contribution in [0.2, 0.25) is 0 Å². The maximum atomic E-state index is 15.6. The Morgan fingerprint density at radius 2 is 1.82 bits per heavy atom. The number of carbonyl (C=O) groups is 2. The molecule has 2 N–H and O–H groups in total. The van der Waals surface area contributed by atoms with Gasteiger partial charge in [-0.15, -0.1) is 0 Å². The van der Waals surface area contributed by atoms with Crippen molar-refractivity contribution in [2.24, 2.45) is 0 Å². The molecule has 2 aromatic heterocycles. The summed E-state index contributed by atoms with van der Waals surface area (Å²) in [4.78, 5) is 53.8. The number of halogens is 2. The summed E-state index contributed by atoms with van der Waals surface area (Å²) >= 11 is 0. The molecule has 1 unspecified atom stereocenters. The van der Waals surface area contributed by atoms with Gasteiger partial charge in [0.15, 0.2) is 29.3 Å². The number of amides is 2. The summed E-state index contributed by atoms with van der Waals surface area (Å²) in [5.74, 6) is -1.80. The maximum Gasteiger partial charge on any atom is 0.273 e. The number of fused-ring (bicyclic) bond motifs is 3. The summed E-state index contributed by atoms with van der Waals surface area (Å²) in [6, 6.07) is 12.3. The summed E-state index contributed by atoms with van der Waals surface area (Å²) < 4.78 is 54.3. The first-order valence-corrected chi connectivity index (χ1v) is 17.9. The third kappa shape index (κ3) is 7.30. The monoisotopic (exact) mass is 753 g/mol. The third-order valence-electron chi connectivity index (χ3n) is 9.83. The lowest BCUT2D eigenvalue weighted by atomic mass is 9.98. The van der Waals surface area contributed by atoms with Crippen molar-refractivity contribution in [3.05, 3.63) is 100 Å². The molecule has 3 aliphatic rings. The van der Waals surface area contributed by atoms with Crippen molar-refractivity contribution >= 4 is 28.4 Å². The van der Waals surface area contributed by atoms with Crippen LogP contribution in [0.4, 0.5) is 14.5 Å². The van der Waals surface area contributed by atoms with Crippen LogP contribution in [0.3, 0.4) is 0 Å². The highest BCUT2D eigenvalue weighted by atomic mass is 19.1. The van der Waals surface area contributed by atoms with Crippen LogP contribution in [0.25, 0.3) is 22.0 Å². The smallest absolute Gasteiger partial charge is 0.273 e. The number of rotatable bonds is 10. The van der Waals surface area contributed by atoms with Gasteiger partial charge >= 0.3 is 0 Å². The molecular formula is C39H37F2N7O7. The molecule has 14 nitrogen and oxygen atoms in total. The molecule has 0 bridgehead atoms. The first-order valence-electron chi connectivity index (χ1n) is 17.9. The van der Waals surface area contributed by atoms with Gasteiger partial charge in [0.1, 0.15) is 30.0 Å². The van der Waals surface area contributed by atoms with E-state index in [0.717, 1.165) is 38.8 Å². The molecule has 2 amide bonds. The van der Waals surface area contributed by atoms with Crippen LogP contribution in [0.15, 0.2) is 71.9 Å². The number of carbonyl (C=O) groups excluding carboxylic acids is 2. The van der Waals surface area contributed by atoms with Crippen LogP contribution in [-0.4, -0.2) is 102 Å². The van der Waals surface area contributed by atoms with Gasteiger partial charge in [-0.2, -0.15) is 0 Å². The summed E-state index contributed by atoms with van der Waals surface area (Å²) in [6.07, 6.45) is 2.66. The average Bonchev–Trinajstić information content (AvgIpc) is 3.19. The van der Waals surface area contributed by atoms with Crippen LogP contribution in [0.5, 0.6) is 23.1 Å². The van der Waals surface area contributed by atoms with E-state index in [4.69, 9.17) is 18.9 Å². The molecule has 5 aromatic rings. The minimum Gasteiger partial charge on any atom is -0.493 e. The Balaban J connectivity index is 1.03. The minimum absolute atomic E-state index is 0.0370. The zero-order valence-electron chi connectivity index (χ0n) is 29.8.